The molecule has 0 fully saturated rings. The molecule has 0 radical (unpaired) electrons. The summed E-state index contributed by atoms with van der Waals surface area (Å²) >= 11 is 0. The van der Waals surface area contributed by atoms with Crippen LogP contribution in [0.1, 0.15) is 213 Å². The minimum absolute atomic E-state index is 0.0563. The van der Waals surface area contributed by atoms with Crippen molar-refractivity contribution in [1.82, 2.24) is 19.6 Å². The maximum Gasteiger partial charge on any atom is 0.261 e. The van der Waals surface area contributed by atoms with E-state index in [1.807, 2.05) is 72.8 Å². The zero-order valence-corrected chi connectivity index (χ0v) is 57.3. The Hall–Kier alpha value is -8.84. The van der Waals surface area contributed by atoms with E-state index in [0.29, 0.717) is 92.5 Å². The van der Waals surface area contributed by atoms with Crippen molar-refractivity contribution in [2.24, 2.45) is 0 Å². The standard InChI is InChI=1S/C82H86N4O13/c1-5-9-13-17-49(18-14-10-6-2)85-79(91)63-33-25-55-51-21-29-59-71-60(30-22-52(67(51)71)56-26-34-64(80(85)92)73(63)69(55)56)76(88)83(75(59)87)37-39-95-41-43-97-45-47-99-48-46-98-44-42-96-40-38-84-77(89)61-31-23-53-57-27-35-65-74-66(82(94)86(81(65)93)50(19-15-11-7-3)20-16-12-8-4)36-28-58(70(57)74)54-24-32-62(78(84)90)72(61)68(53)54/h21-36,49-50H,5-20,37-48H2,1-4H3. The van der Waals surface area contributed by atoms with Gasteiger partial charge in [-0.1, -0.05) is 153 Å². The third-order valence-corrected chi connectivity index (χ3v) is 21.2. The highest BCUT2D eigenvalue weighted by molar-refractivity contribution is 6.43. The predicted octanol–water partition coefficient (Wildman–Crippen LogP) is 16.0. The summed E-state index contributed by atoms with van der Waals surface area (Å²) in [5.74, 6) is -2.56. The molecule has 0 spiro atoms. The third-order valence-electron chi connectivity index (χ3n) is 21.2. The minimum Gasteiger partial charge on any atom is -0.377 e. The van der Waals surface area contributed by atoms with Crippen LogP contribution in [0.15, 0.2) is 97.1 Å². The Kier molecular flexibility index (Phi) is 19.8. The van der Waals surface area contributed by atoms with E-state index < -0.39 is 23.6 Å². The first kappa shape index (κ1) is 67.3. The summed E-state index contributed by atoms with van der Waals surface area (Å²) in [7, 11) is 0. The lowest BCUT2D eigenvalue weighted by atomic mass is 9.82. The summed E-state index contributed by atoms with van der Waals surface area (Å²) in [5.41, 5.74) is 3.84. The van der Waals surface area contributed by atoms with E-state index in [0.717, 1.165) is 167 Å². The summed E-state index contributed by atoms with van der Waals surface area (Å²) in [6.07, 6.45) is 15.4. The minimum atomic E-state index is -0.397. The van der Waals surface area contributed by atoms with E-state index in [1.54, 1.807) is 34.1 Å². The number of rotatable bonds is 36. The van der Waals surface area contributed by atoms with Gasteiger partial charge in [-0.05, 0) is 139 Å². The Bertz CT molecular complexity index is 4300. The summed E-state index contributed by atoms with van der Waals surface area (Å²) in [6, 6.07) is 29.8. The number of carbonyl (C=O) groups is 8. The number of imide groups is 4. The molecule has 0 bridgehead atoms. The second-order valence-electron chi connectivity index (χ2n) is 27.1. The molecule has 8 amide bonds. The third kappa shape index (κ3) is 11.8. The first-order valence-corrected chi connectivity index (χ1v) is 36.2. The summed E-state index contributed by atoms with van der Waals surface area (Å²) in [6.45, 7) is 11.3. The molecule has 4 aliphatic rings. The lowest BCUT2D eigenvalue weighted by Crippen LogP contribution is -2.47. The Morgan fingerprint density at radius 1 is 0.242 bits per heavy atom. The van der Waals surface area contributed by atoms with Crippen LogP contribution in [0.3, 0.4) is 0 Å². The molecule has 0 saturated heterocycles. The quantitative estimate of drug-likeness (QED) is 0.0156. The first-order valence-electron chi connectivity index (χ1n) is 36.2. The van der Waals surface area contributed by atoms with Gasteiger partial charge in [0.1, 0.15) is 0 Å². The molecule has 0 saturated carbocycles. The molecule has 10 aromatic rings. The van der Waals surface area contributed by atoms with Crippen LogP contribution >= 0.6 is 0 Å². The molecule has 512 valence electrons. The molecule has 17 heteroatoms. The van der Waals surface area contributed by atoms with E-state index in [4.69, 9.17) is 23.7 Å². The van der Waals surface area contributed by atoms with Crippen LogP contribution in [0.5, 0.6) is 0 Å². The number of hydrogen-bond acceptors (Lipinski definition) is 13. The lowest BCUT2D eigenvalue weighted by molar-refractivity contribution is -0.0126. The number of fused-ring (bicyclic) bond motifs is 4. The fourth-order valence-electron chi connectivity index (χ4n) is 16.4. The van der Waals surface area contributed by atoms with Crippen molar-refractivity contribution >= 4 is 133 Å². The van der Waals surface area contributed by atoms with Crippen molar-refractivity contribution in [1.29, 1.82) is 0 Å². The van der Waals surface area contributed by atoms with Crippen molar-refractivity contribution in [3.8, 4) is 0 Å². The fraction of sp³-hybridized carbons (Fsp3) is 0.415. The fourth-order valence-corrected chi connectivity index (χ4v) is 16.4. The van der Waals surface area contributed by atoms with Crippen LogP contribution in [0, 0.1) is 0 Å². The average molecular weight is 1340 g/mol. The van der Waals surface area contributed by atoms with Crippen LogP contribution < -0.4 is 0 Å². The maximum absolute atomic E-state index is 14.5. The number of ether oxygens (including phenoxy) is 5. The predicted molar refractivity (Wildman–Crippen MR) is 385 cm³/mol. The van der Waals surface area contributed by atoms with Gasteiger partial charge in [0, 0.05) is 78.1 Å². The number of hydrogen-bond donors (Lipinski definition) is 0. The first-order chi connectivity index (χ1) is 48.4. The molecular weight excluding hydrogens is 1250 g/mol. The van der Waals surface area contributed by atoms with Gasteiger partial charge in [0.05, 0.1) is 79.2 Å². The molecule has 17 nitrogen and oxygen atoms in total. The van der Waals surface area contributed by atoms with Gasteiger partial charge in [0.2, 0.25) is 0 Å². The molecule has 0 aromatic heterocycles. The Morgan fingerprint density at radius 2 is 0.434 bits per heavy atom. The topological polar surface area (TPSA) is 196 Å². The van der Waals surface area contributed by atoms with Crippen LogP contribution in [-0.2, 0) is 23.7 Å². The molecule has 0 N–H and O–H groups in total. The van der Waals surface area contributed by atoms with Gasteiger partial charge < -0.3 is 23.7 Å². The number of amides is 8. The van der Waals surface area contributed by atoms with E-state index in [-0.39, 0.29) is 88.4 Å². The highest BCUT2D eigenvalue weighted by Crippen LogP contribution is 2.49. The van der Waals surface area contributed by atoms with Gasteiger partial charge in [-0.15, -0.1) is 0 Å². The number of unbranched alkanes of at least 4 members (excludes halogenated alkanes) is 8. The molecule has 0 atom stereocenters. The van der Waals surface area contributed by atoms with E-state index >= 15 is 0 Å². The van der Waals surface area contributed by atoms with E-state index in [2.05, 4.69) is 27.7 Å². The molecule has 0 aliphatic carbocycles. The van der Waals surface area contributed by atoms with Crippen LogP contribution in [0.4, 0.5) is 0 Å². The second kappa shape index (κ2) is 29.2. The number of carbonyl (C=O) groups excluding carboxylic acids is 8. The maximum atomic E-state index is 14.5. The van der Waals surface area contributed by atoms with Crippen LogP contribution in [-0.4, -0.2) is 158 Å². The zero-order valence-electron chi connectivity index (χ0n) is 57.3. The van der Waals surface area contributed by atoms with Crippen molar-refractivity contribution in [2.75, 3.05) is 79.2 Å². The SMILES string of the molecule is CCCCCC(CCCCC)N1C(=O)c2ccc3c4ccc5c6c(ccc(c7ccc(c2c37)C1=O)c64)C(=O)N(CCOCCOCCOCCOCCOCCN1C(=O)c2ccc3c4ccc6c7c(ccc(c8ccc(c2c38)C1=O)c74)C(=O)N(C(CCCCC)CCCCC)C6=O)C5=O. The number of benzene rings is 10. The Labute approximate surface area is 575 Å². The van der Waals surface area contributed by atoms with Gasteiger partial charge >= 0.3 is 0 Å². The van der Waals surface area contributed by atoms with Crippen LogP contribution in [0.2, 0.25) is 0 Å². The number of nitrogens with zero attached hydrogens (tertiary/aromatic N) is 4. The summed E-state index contributed by atoms with van der Waals surface area (Å²) in [4.78, 5) is 120. The van der Waals surface area contributed by atoms with Gasteiger partial charge in [-0.2, -0.15) is 0 Å². The molecule has 99 heavy (non-hydrogen) atoms. The monoisotopic (exact) mass is 1330 g/mol. The van der Waals surface area contributed by atoms with Crippen molar-refractivity contribution in [2.45, 2.75) is 143 Å². The van der Waals surface area contributed by atoms with Crippen molar-refractivity contribution in [3.05, 3.63) is 142 Å². The zero-order chi connectivity index (χ0) is 68.6. The molecule has 4 heterocycles. The van der Waals surface area contributed by atoms with E-state index in [9.17, 15) is 38.4 Å². The van der Waals surface area contributed by atoms with Gasteiger partial charge in [-0.3, -0.25) is 58.0 Å². The molecule has 10 aromatic carbocycles. The van der Waals surface area contributed by atoms with Gasteiger partial charge in [0.25, 0.3) is 47.3 Å². The summed E-state index contributed by atoms with van der Waals surface area (Å²) < 4.78 is 28.8. The molecule has 0 unspecified atom stereocenters. The van der Waals surface area contributed by atoms with Crippen molar-refractivity contribution in [3.63, 3.8) is 0 Å². The molecule has 14 rings (SSSR count). The normalized spacial score (nSPS) is 14.8. The highest BCUT2D eigenvalue weighted by atomic mass is 16.6. The molecule has 4 aliphatic heterocycles. The molecular formula is C82H86N4O13. The van der Waals surface area contributed by atoms with E-state index in [1.165, 1.54) is 9.80 Å². The van der Waals surface area contributed by atoms with Gasteiger partial charge in [0.15, 0.2) is 0 Å². The highest BCUT2D eigenvalue weighted by Gasteiger charge is 2.42. The Morgan fingerprint density at radius 3 is 0.636 bits per heavy atom. The average Bonchev–Trinajstić information content (AvgIpc) is 0.697. The summed E-state index contributed by atoms with van der Waals surface area (Å²) in [5, 5.41) is 12.7. The van der Waals surface area contributed by atoms with Gasteiger partial charge in [-0.25, -0.2) is 0 Å². The largest absolute Gasteiger partial charge is 0.377 e. The lowest BCUT2D eigenvalue weighted by Gasteiger charge is -2.35. The van der Waals surface area contributed by atoms with Crippen molar-refractivity contribution < 1.29 is 62.0 Å². The smallest absolute Gasteiger partial charge is 0.261 e. The van der Waals surface area contributed by atoms with Crippen LogP contribution in [0.25, 0.3) is 86.2 Å². The second-order valence-corrected chi connectivity index (χ2v) is 27.1. The Balaban J connectivity index is 0.515.